The van der Waals surface area contributed by atoms with Crippen LogP contribution in [0, 0.1) is 0 Å². The molecule has 0 saturated carbocycles. The normalized spacial score (nSPS) is 11.6. The fraction of sp³-hybridized carbons (Fsp3) is 0.464. The summed E-state index contributed by atoms with van der Waals surface area (Å²) >= 11 is 3.69. The lowest BCUT2D eigenvalue weighted by molar-refractivity contribution is 0.0927. The number of halogens is 1. The highest BCUT2D eigenvalue weighted by molar-refractivity contribution is 9.10. The Balaban J connectivity index is 1.76. The molecule has 0 aliphatic heterocycles. The summed E-state index contributed by atoms with van der Waals surface area (Å²) in [4.78, 5) is 15.6. The van der Waals surface area contributed by atoms with Crippen molar-refractivity contribution in [3.05, 3.63) is 58.6 Å². The van der Waals surface area contributed by atoms with Gasteiger partial charge in [-0.25, -0.2) is 0 Å². The minimum Gasteiger partial charge on any atom is -0.296 e. The highest BCUT2D eigenvalue weighted by atomic mass is 79.9. The number of ketones is 1. The summed E-state index contributed by atoms with van der Waals surface area (Å²) in [7, 11) is 0. The average Bonchev–Trinajstić information content (AvgIpc) is 2.79. The molecule has 0 amide bonds. The molecule has 0 bridgehead atoms. The zero-order valence-electron chi connectivity index (χ0n) is 19.1. The molecule has 0 saturated heterocycles. The van der Waals surface area contributed by atoms with Gasteiger partial charge in [-0.05, 0) is 59.6 Å². The SMILES string of the molecule is CCCCCCN(CCCCCC)CC(=O)c1ccc2cc(Br)c3ccccc3c2c1. The van der Waals surface area contributed by atoms with E-state index in [9.17, 15) is 4.79 Å². The Hall–Kier alpha value is -1.71. The Kier molecular flexibility index (Phi) is 9.54. The molecular weight excluding hydrogens is 446 g/mol. The lowest BCUT2D eigenvalue weighted by Gasteiger charge is -2.22. The smallest absolute Gasteiger partial charge is 0.176 e. The zero-order chi connectivity index (χ0) is 22.1. The van der Waals surface area contributed by atoms with Crippen molar-refractivity contribution >= 4 is 43.3 Å². The molecule has 0 N–H and O–H groups in total. The minimum absolute atomic E-state index is 0.236. The fourth-order valence-corrected chi connectivity index (χ4v) is 4.91. The molecule has 3 heteroatoms. The average molecular weight is 483 g/mol. The number of carbonyl (C=O) groups is 1. The van der Waals surface area contributed by atoms with Gasteiger partial charge in [0.1, 0.15) is 0 Å². The van der Waals surface area contributed by atoms with E-state index in [0.717, 1.165) is 33.9 Å². The van der Waals surface area contributed by atoms with Gasteiger partial charge in [-0.2, -0.15) is 0 Å². The summed E-state index contributed by atoms with van der Waals surface area (Å²) in [5, 5.41) is 4.70. The molecule has 0 atom stereocenters. The summed E-state index contributed by atoms with van der Waals surface area (Å²) in [6, 6.07) is 16.7. The van der Waals surface area contributed by atoms with Gasteiger partial charge in [0, 0.05) is 10.0 Å². The molecule has 3 aromatic carbocycles. The van der Waals surface area contributed by atoms with Crippen LogP contribution >= 0.6 is 15.9 Å². The second kappa shape index (κ2) is 12.4. The Bertz CT molecular complexity index is 985. The number of unbranched alkanes of at least 4 members (excludes halogenated alkanes) is 6. The van der Waals surface area contributed by atoms with Crippen LogP contribution in [0.4, 0.5) is 0 Å². The molecule has 0 radical (unpaired) electrons. The molecule has 3 rings (SSSR count). The fourth-order valence-electron chi connectivity index (χ4n) is 4.32. The summed E-state index contributed by atoms with van der Waals surface area (Å²) in [5.41, 5.74) is 0.826. The van der Waals surface area contributed by atoms with Crippen LogP contribution in [-0.4, -0.2) is 30.3 Å². The van der Waals surface area contributed by atoms with Crippen molar-refractivity contribution in [3.8, 4) is 0 Å². The quantitative estimate of drug-likeness (QED) is 0.138. The lowest BCUT2D eigenvalue weighted by Crippen LogP contribution is -2.32. The zero-order valence-corrected chi connectivity index (χ0v) is 20.7. The third kappa shape index (κ3) is 6.63. The maximum absolute atomic E-state index is 13.2. The van der Waals surface area contributed by atoms with Crippen molar-refractivity contribution in [3.63, 3.8) is 0 Å². The highest BCUT2D eigenvalue weighted by Crippen LogP contribution is 2.32. The topological polar surface area (TPSA) is 20.3 Å². The number of fused-ring (bicyclic) bond motifs is 3. The molecular formula is C28H36BrNO. The molecule has 0 heterocycles. The van der Waals surface area contributed by atoms with E-state index >= 15 is 0 Å². The number of carbonyl (C=O) groups excluding carboxylic acids is 1. The molecule has 3 aromatic rings. The van der Waals surface area contributed by atoms with E-state index in [1.54, 1.807) is 0 Å². The number of benzene rings is 3. The van der Waals surface area contributed by atoms with E-state index in [0.29, 0.717) is 6.54 Å². The van der Waals surface area contributed by atoms with Crippen molar-refractivity contribution in [2.45, 2.75) is 65.2 Å². The number of hydrogen-bond donors (Lipinski definition) is 0. The number of hydrogen-bond acceptors (Lipinski definition) is 2. The molecule has 31 heavy (non-hydrogen) atoms. The van der Waals surface area contributed by atoms with Gasteiger partial charge in [0.25, 0.3) is 0 Å². The molecule has 0 aliphatic carbocycles. The van der Waals surface area contributed by atoms with Crippen molar-refractivity contribution < 1.29 is 4.79 Å². The largest absolute Gasteiger partial charge is 0.296 e. The summed E-state index contributed by atoms with van der Waals surface area (Å²) in [5.74, 6) is 0.236. The van der Waals surface area contributed by atoms with Gasteiger partial charge in [0.05, 0.1) is 6.54 Å². The molecule has 0 fully saturated rings. The summed E-state index contributed by atoms with van der Waals surface area (Å²) in [6.07, 6.45) is 9.94. The highest BCUT2D eigenvalue weighted by Gasteiger charge is 2.14. The maximum Gasteiger partial charge on any atom is 0.176 e. The van der Waals surface area contributed by atoms with Gasteiger partial charge in [-0.3, -0.25) is 9.69 Å². The predicted molar refractivity (Wildman–Crippen MR) is 138 cm³/mol. The first-order valence-corrected chi connectivity index (χ1v) is 12.8. The second-order valence-electron chi connectivity index (χ2n) is 8.66. The van der Waals surface area contributed by atoms with Crippen LogP contribution in [0.5, 0.6) is 0 Å². The maximum atomic E-state index is 13.2. The first kappa shape index (κ1) is 23.9. The predicted octanol–water partition coefficient (Wildman–Crippen LogP) is 8.40. The van der Waals surface area contributed by atoms with Crippen molar-refractivity contribution in [1.82, 2.24) is 4.90 Å². The third-order valence-corrected chi connectivity index (χ3v) is 6.81. The van der Waals surface area contributed by atoms with Gasteiger partial charge >= 0.3 is 0 Å². The summed E-state index contributed by atoms with van der Waals surface area (Å²) in [6.45, 7) is 7.07. The van der Waals surface area contributed by atoms with Gasteiger partial charge < -0.3 is 0 Å². The van der Waals surface area contributed by atoms with Crippen molar-refractivity contribution in [1.29, 1.82) is 0 Å². The van der Waals surface area contributed by atoms with E-state index in [2.05, 4.69) is 77.1 Å². The molecule has 2 nitrogen and oxygen atoms in total. The van der Waals surface area contributed by atoms with Crippen LogP contribution in [0.1, 0.15) is 75.6 Å². The van der Waals surface area contributed by atoms with Gasteiger partial charge in [-0.15, -0.1) is 0 Å². The molecule has 0 aromatic heterocycles. The minimum atomic E-state index is 0.236. The van der Waals surface area contributed by atoms with Gasteiger partial charge in [-0.1, -0.05) is 105 Å². The van der Waals surface area contributed by atoms with Gasteiger partial charge in [0.15, 0.2) is 5.78 Å². The van der Waals surface area contributed by atoms with Crippen LogP contribution in [0.2, 0.25) is 0 Å². The molecule has 166 valence electrons. The van der Waals surface area contributed by atoms with E-state index in [1.165, 1.54) is 62.1 Å². The molecule has 0 spiro atoms. The Morgan fingerprint density at radius 3 is 2.06 bits per heavy atom. The Labute approximate surface area is 196 Å². The number of rotatable bonds is 13. The molecule has 0 aliphatic rings. The van der Waals surface area contributed by atoms with Crippen LogP contribution in [0.3, 0.4) is 0 Å². The Morgan fingerprint density at radius 2 is 1.42 bits per heavy atom. The third-order valence-electron chi connectivity index (χ3n) is 6.16. The first-order valence-electron chi connectivity index (χ1n) is 12.0. The number of Topliss-reactive ketones (excluding diaryl/α,β-unsaturated/α-hetero) is 1. The van der Waals surface area contributed by atoms with Crippen molar-refractivity contribution in [2.75, 3.05) is 19.6 Å². The number of nitrogens with zero attached hydrogens (tertiary/aromatic N) is 1. The van der Waals surface area contributed by atoms with E-state index < -0.39 is 0 Å². The van der Waals surface area contributed by atoms with Gasteiger partial charge in [0.2, 0.25) is 0 Å². The lowest BCUT2D eigenvalue weighted by atomic mass is 9.98. The first-order chi connectivity index (χ1) is 15.1. The van der Waals surface area contributed by atoms with Crippen LogP contribution < -0.4 is 0 Å². The van der Waals surface area contributed by atoms with Crippen molar-refractivity contribution in [2.24, 2.45) is 0 Å². The van der Waals surface area contributed by atoms with E-state index in [4.69, 9.17) is 0 Å². The standard InChI is InChI=1S/C28H36BrNO/c1-3-5-7-11-17-30(18-12-8-6-4-2)21-28(31)23-16-15-22-20-27(29)25-14-10-9-13-24(25)26(22)19-23/h9-10,13-16,19-20H,3-8,11-12,17-18,21H2,1-2H3. The van der Waals surface area contributed by atoms with E-state index in [1.807, 2.05) is 6.07 Å². The monoisotopic (exact) mass is 481 g/mol. The van der Waals surface area contributed by atoms with Crippen LogP contribution in [0.25, 0.3) is 21.5 Å². The van der Waals surface area contributed by atoms with E-state index in [-0.39, 0.29) is 5.78 Å². The van der Waals surface area contributed by atoms with Crippen LogP contribution in [0.15, 0.2) is 53.0 Å². The molecule has 0 unspecified atom stereocenters. The Morgan fingerprint density at radius 1 is 0.774 bits per heavy atom. The van der Waals surface area contributed by atoms with Crippen LogP contribution in [-0.2, 0) is 0 Å². The second-order valence-corrected chi connectivity index (χ2v) is 9.51. The summed E-state index contributed by atoms with van der Waals surface area (Å²) < 4.78 is 1.10.